The summed E-state index contributed by atoms with van der Waals surface area (Å²) in [5, 5.41) is 2.70. The first-order valence-electron chi connectivity index (χ1n) is 7.16. The monoisotopic (exact) mass is 396 g/mol. The Hall–Kier alpha value is -2.28. The predicted octanol–water partition coefficient (Wildman–Crippen LogP) is 4.11. The summed E-state index contributed by atoms with van der Waals surface area (Å²) in [5.41, 5.74) is 0.544. The van der Waals surface area contributed by atoms with E-state index in [4.69, 9.17) is 0 Å². The molecule has 0 unspecified atom stereocenters. The Balaban J connectivity index is 2.05. The van der Waals surface area contributed by atoms with Gasteiger partial charge in [0.05, 0.1) is 11.4 Å². The Morgan fingerprint density at radius 3 is 2.50 bits per heavy atom. The van der Waals surface area contributed by atoms with Gasteiger partial charge < -0.3 is 10.2 Å². The third kappa shape index (κ3) is 4.61. The molecule has 0 aliphatic heterocycles. The van der Waals surface area contributed by atoms with Gasteiger partial charge in [0.25, 0.3) is 0 Å². The number of nitrogens with zero attached hydrogens (tertiary/aromatic N) is 1. The Morgan fingerprint density at radius 1 is 1.17 bits per heavy atom. The van der Waals surface area contributed by atoms with E-state index in [1.54, 1.807) is 18.2 Å². The molecule has 2 aromatic rings. The molecule has 0 spiro atoms. The molecular weight excluding hydrogens is 382 g/mol. The van der Waals surface area contributed by atoms with Crippen molar-refractivity contribution in [1.82, 2.24) is 0 Å². The number of hydrogen-bond acceptors (Lipinski definition) is 2. The highest BCUT2D eigenvalue weighted by Crippen LogP contribution is 2.23. The van der Waals surface area contributed by atoms with Gasteiger partial charge in [0.15, 0.2) is 0 Å². The SMILES string of the molecule is CC(=O)N(CCC(=O)Nc1ccccc1Br)c1ccc(F)cc1F. The second-order valence-electron chi connectivity index (χ2n) is 5.04. The van der Waals surface area contributed by atoms with Gasteiger partial charge in [-0.25, -0.2) is 8.78 Å². The molecule has 0 atom stereocenters. The third-order valence-electron chi connectivity index (χ3n) is 3.29. The molecule has 2 rings (SSSR count). The number of hydrogen-bond donors (Lipinski definition) is 1. The van der Waals surface area contributed by atoms with E-state index >= 15 is 0 Å². The van der Waals surface area contributed by atoms with Crippen molar-refractivity contribution in [3.63, 3.8) is 0 Å². The van der Waals surface area contributed by atoms with E-state index in [1.807, 2.05) is 6.07 Å². The fraction of sp³-hybridized carbons (Fsp3) is 0.176. The zero-order chi connectivity index (χ0) is 17.7. The van der Waals surface area contributed by atoms with Crippen molar-refractivity contribution in [1.29, 1.82) is 0 Å². The van der Waals surface area contributed by atoms with Gasteiger partial charge in [0.2, 0.25) is 11.8 Å². The highest BCUT2D eigenvalue weighted by Gasteiger charge is 2.17. The number of carbonyl (C=O) groups is 2. The number of benzene rings is 2. The number of nitrogens with one attached hydrogen (secondary N) is 1. The molecule has 0 bridgehead atoms. The van der Waals surface area contributed by atoms with Crippen LogP contribution in [0.15, 0.2) is 46.9 Å². The van der Waals surface area contributed by atoms with Crippen LogP contribution < -0.4 is 10.2 Å². The normalized spacial score (nSPS) is 10.3. The lowest BCUT2D eigenvalue weighted by Gasteiger charge is -2.21. The molecule has 0 saturated heterocycles. The Labute approximate surface area is 146 Å². The summed E-state index contributed by atoms with van der Waals surface area (Å²) in [6.07, 6.45) is -0.0300. The smallest absolute Gasteiger partial charge is 0.226 e. The number of carbonyl (C=O) groups excluding carboxylic acids is 2. The second kappa shape index (κ2) is 8.01. The van der Waals surface area contributed by atoms with E-state index in [9.17, 15) is 18.4 Å². The molecule has 0 aromatic heterocycles. The molecule has 0 fully saturated rings. The predicted molar refractivity (Wildman–Crippen MR) is 91.8 cm³/mol. The highest BCUT2D eigenvalue weighted by molar-refractivity contribution is 9.10. The van der Waals surface area contributed by atoms with E-state index in [0.717, 1.165) is 15.4 Å². The third-order valence-corrected chi connectivity index (χ3v) is 3.98. The summed E-state index contributed by atoms with van der Waals surface area (Å²) in [4.78, 5) is 24.9. The van der Waals surface area contributed by atoms with E-state index in [-0.39, 0.29) is 24.6 Å². The lowest BCUT2D eigenvalue weighted by molar-refractivity contribution is -0.117. The van der Waals surface area contributed by atoms with Crippen molar-refractivity contribution in [2.24, 2.45) is 0 Å². The van der Waals surface area contributed by atoms with E-state index in [0.29, 0.717) is 11.8 Å². The van der Waals surface area contributed by atoms with Crippen LogP contribution in [0.2, 0.25) is 0 Å². The Morgan fingerprint density at radius 2 is 1.88 bits per heavy atom. The first-order valence-corrected chi connectivity index (χ1v) is 7.95. The minimum atomic E-state index is -0.851. The summed E-state index contributed by atoms with van der Waals surface area (Å²) < 4.78 is 27.6. The maximum Gasteiger partial charge on any atom is 0.226 e. The fourth-order valence-electron chi connectivity index (χ4n) is 2.14. The largest absolute Gasteiger partial charge is 0.325 e. The van der Waals surface area contributed by atoms with Gasteiger partial charge in [0.1, 0.15) is 11.6 Å². The minimum Gasteiger partial charge on any atom is -0.325 e. The molecule has 4 nitrogen and oxygen atoms in total. The summed E-state index contributed by atoms with van der Waals surface area (Å²) in [6, 6.07) is 10.0. The maximum absolute atomic E-state index is 13.8. The molecule has 2 aromatic carbocycles. The van der Waals surface area contributed by atoms with Gasteiger partial charge in [-0.05, 0) is 40.2 Å². The Bertz CT molecular complexity index is 768. The molecule has 0 aliphatic rings. The zero-order valence-electron chi connectivity index (χ0n) is 12.9. The van der Waals surface area contributed by atoms with Crippen molar-refractivity contribution < 1.29 is 18.4 Å². The molecule has 2 amide bonds. The lowest BCUT2D eigenvalue weighted by Crippen LogP contribution is -2.32. The average molecular weight is 397 g/mol. The molecule has 0 radical (unpaired) electrons. The van der Waals surface area contributed by atoms with Crippen LogP contribution in [-0.2, 0) is 9.59 Å². The van der Waals surface area contributed by atoms with Crippen LogP contribution in [0.5, 0.6) is 0 Å². The van der Waals surface area contributed by atoms with Crippen LogP contribution in [0.1, 0.15) is 13.3 Å². The summed E-state index contributed by atoms with van der Waals surface area (Å²) in [5.74, 6) is -2.34. The number of amides is 2. The number of para-hydroxylation sites is 1. The molecular formula is C17H15BrF2N2O2. The van der Waals surface area contributed by atoms with Gasteiger partial charge in [-0.15, -0.1) is 0 Å². The first-order chi connectivity index (χ1) is 11.4. The molecule has 126 valence electrons. The van der Waals surface area contributed by atoms with E-state index < -0.39 is 17.5 Å². The van der Waals surface area contributed by atoms with Crippen LogP contribution in [0.4, 0.5) is 20.2 Å². The van der Waals surface area contributed by atoms with Crippen molar-refractivity contribution in [2.45, 2.75) is 13.3 Å². The average Bonchev–Trinajstić information content (AvgIpc) is 2.51. The Kier molecular flexibility index (Phi) is 6.03. The standard InChI is InChI=1S/C17H15BrF2N2O2/c1-11(23)22(16-7-6-12(19)10-14(16)20)9-8-17(24)21-15-5-3-2-4-13(15)18/h2-7,10H,8-9H2,1H3,(H,21,24). The second-order valence-corrected chi connectivity index (χ2v) is 5.90. The lowest BCUT2D eigenvalue weighted by atomic mass is 10.2. The quantitative estimate of drug-likeness (QED) is 0.826. The van der Waals surface area contributed by atoms with Crippen molar-refractivity contribution in [3.05, 3.63) is 58.6 Å². The van der Waals surface area contributed by atoms with Crippen molar-refractivity contribution in [3.8, 4) is 0 Å². The summed E-state index contributed by atoms with van der Waals surface area (Å²) in [6.45, 7) is 1.24. The number of rotatable bonds is 5. The molecule has 7 heteroatoms. The topological polar surface area (TPSA) is 49.4 Å². The number of anilines is 2. The first kappa shape index (κ1) is 18.1. The number of halogens is 3. The van der Waals surface area contributed by atoms with Crippen LogP contribution in [0, 0.1) is 11.6 Å². The molecule has 0 heterocycles. The van der Waals surface area contributed by atoms with Crippen LogP contribution in [-0.4, -0.2) is 18.4 Å². The van der Waals surface area contributed by atoms with Crippen molar-refractivity contribution >= 4 is 39.1 Å². The van der Waals surface area contributed by atoms with Crippen LogP contribution >= 0.6 is 15.9 Å². The van der Waals surface area contributed by atoms with Crippen LogP contribution in [0.3, 0.4) is 0 Å². The fourth-order valence-corrected chi connectivity index (χ4v) is 2.52. The van der Waals surface area contributed by atoms with E-state index in [1.165, 1.54) is 13.0 Å². The van der Waals surface area contributed by atoms with Gasteiger partial charge in [-0.1, -0.05) is 12.1 Å². The summed E-state index contributed by atoms with van der Waals surface area (Å²) in [7, 11) is 0. The maximum atomic E-state index is 13.8. The van der Waals surface area contributed by atoms with Gasteiger partial charge in [-0.2, -0.15) is 0 Å². The zero-order valence-corrected chi connectivity index (χ0v) is 14.4. The van der Waals surface area contributed by atoms with Gasteiger partial charge in [-0.3, -0.25) is 9.59 Å². The minimum absolute atomic E-state index is 0.0197. The van der Waals surface area contributed by atoms with Crippen molar-refractivity contribution in [2.75, 3.05) is 16.8 Å². The van der Waals surface area contributed by atoms with E-state index in [2.05, 4.69) is 21.2 Å². The molecule has 1 N–H and O–H groups in total. The molecule has 0 aliphatic carbocycles. The van der Waals surface area contributed by atoms with Crippen LogP contribution in [0.25, 0.3) is 0 Å². The highest BCUT2D eigenvalue weighted by atomic mass is 79.9. The summed E-state index contributed by atoms with van der Waals surface area (Å²) >= 11 is 3.32. The van der Waals surface area contributed by atoms with Gasteiger partial charge >= 0.3 is 0 Å². The molecule has 0 saturated carbocycles. The van der Waals surface area contributed by atoms with Gasteiger partial charge in [0, 0.05) is 30.4 Å². The molecule has 24 heavy (non-hydrogen) atoms.